The summed E-state index contributed by atoms with van der Waals surface area (Å²) in [6.07, 6.45) is 3.04. The van der Waals surface area contributed by atoms with Crippen molar-refractivity contribution >= 4 is 17.7 Å². The van der Waals surface area contributed by atoms with Gasteiger partial charge in [0.1, 0.15) is 0 Å². The Bertz CT molecular complexity index is 620. The van der Waals surface area contributed by atoms with Gasteiger partial charge < -0.3 is 20.2 Å². The Morgan fingerprint density at radius 1 is 1.30 bits per heavy atom. The summed E-state index contributed by atoms with van der Waals surface area (Å²) in [5.41, 5.74) is 1.76. The third kappa shape index (κ3) is 3.17. The molecule has 6 heteroatoms. The van der Waals surface area contributed by atoms with Gasteiger partial charge in [0.2, 0.25) is 0 Å². The topological polar surface area (TPSA) is 91.6 Å². The van der Waals surface area contributed by atoms with E-state index < -0.39 is 12.0 Å². The van der Waals surface area contributed by atoms with E-state index in [1.165, 1.54) is 12.5 Å². The molecule has 0 spiro atoms. The number of amides is 2. The molecule has 1 aromatic heterocycles. The highest BCUT2D eigenvalue weighted by atomic mass is 16.4. The lowest BCUT2D eigenvalue weighted by Crippen LogP contribution is -2.28. The zero-order chi connectivity index (χ0) is 14.5. The standard InChI is InChI=1S/C14H14N2O4/c1-9-3-2-4-11(12(9)13(17)18)16-14(19)15-7-10-5-6-20-8-10/h2-6,8H,7H2,1H3,(H,17,18)(H2,15,16,19). The van der Waals surface area contributed by atoms with Gasteiger partial charge in [0.15, 0.2) is 0 Å². The fourth-order valence-corrected chi connectivity index (χ4v) is 1.80. The van der Waals surface area contributed by atoms with Gasteiger partial charge in [0.25, 0.3) is 0 Å². The molecule has 0 fully saturated rings. The van der Waals surface area contributed by atoms with Crippen molar-refractivity contribution in [1.29, 1.82) is 0 Å². The Balaban J connectivity index is 2.04. The predicted octanol–water partition coefficient (Wildman–Crippen LogP) is 2.61. The number of carbonyl (C=O) groups is 2. The second-order valence-corrected chi connectivity index (χ2v) is 4.24. The minimum absolute atomic E-state index is 0.0889. The summed E-state index contributed by atoms with van der Waals surface area (Å²) in [6.45, 7) is 1.98. The predicted molar refractivity (Wildman–Crippen MR) is 72.7 cm³/mol. The number of benzene rings is 1. The number of carbonyl (C=O) groups excluding carboxylic acids is 1. The summed E-state index contributed by atoms with van der Waals surface area (Å²) in [7, 11) is 0. The number of carboxylic acid groups (broad SMARTS) is 1. The molecule has 1 heterocycles. The molecule has 0 saturated carbocycles. The maximum Gasteiger partial charge on any atom is 0.338 e. The molecule has 0 aliphatic carbocycles. The Morgan fingerprint density at radius 3 is 2.75 bits per heavy atom. The van der Waals surface area contributed by atoms with Gasteiger partial charge in [-0.3, -0.25) is 0 Å². The van der Waals surface area contributed by atoms with E-state index in [2.05, 4.69) is 10.6 Å². The van der Waals surface area contributed by atoms with Crippen molar-refractivity contribution in [2.24, 2.45) is 0 Å². The SMILES string of the molecule is Cc1cccc(NC(=O)NCc2ccoc2)c1C(=O)O. The highest BCUT2D eigenvalue weighted by molar-refractivity contribution is 6.01. The van der Waals surface area contributed by atoms with Crippen LogP contribution in [0.1, 0.15) is 21.5 Å². The minimum Gasteiger partial charge on any atom is -0.478 e. The van der Waals surface area contributed by atoms with Gasteiger partial charge in [-0.15, -0.1) is 0 Å². The van der Waals surface area contributed by atoms with Crippen molar-refractivity contribution in [1.82, 2.24) is 5.32 Å². The van der Waals surface area contributed by atoms with Crippen LogP contribution in [0.5, 0.6) is 0 Å². The second-order valence-electron chi connectivity index (χ2n) is 4.24. The molecule has 0 atom stereocenters. The zero-order valence-corrected chi connectivity index (χ0v) is 10.8. The first kappa shape index (κ1) is 13.7. The average Bonchev–Trinajstić information content (AvgIpc) is 2.89. The Labute approximate surface area is 115 Å². The molecule has 0 bridgehead atoms. The van der Waals surface area contributed by atoms with E-state index in [-0.39, 0.29) is 11.3 Å². The molecule has 0 aliphatic heterocycles. The van der Waals surface area contributed by atoms with E-state index >= 15 is 0 Å². The summed E-state index contributed by atoms with van der Waals surface area (Å²) in [6, 6.07) is 6.17. The van der Waals surface area contributed by atoms with E-state index in [0.717, 1.165) is 5.56 Å². The van der Waals surface area contributed by atoms with Crippen molar-refractivity contribution in [3.63, 3.8) is 0 Å². The zero-order valence-electron chi connectivity index (χ0n) is 10.8. The molecule has 6 nitrogen and oxygen atoms in total. The first-order chi connectivity index (χ1) is 9.58. The third-order valence-electron chi connectivity index (χ3n) is 2.77. The highest BCUT2D eigenvalue weighted by Gasteiger charge is 2.14. The van der Waals surface area contributed by atoms with Crippen LogP contribution in [-0.4, -0.2) is 17.1 Å². The first-order valence-corrected chi connectivity index (χ1v) is 5.97. The van der Waals surface area contributed by atoms with Crippen LogP contribution in [0.15, 0.2) is 41.2 Å². The van der Waals surface area contributed by atoms with E-state index in [4.69, 9.17) is 9.52 Å². The maximum atomic E-state index is 11.7. The summed E-state index contributed by atoms with van der Waals surface area (Å²) in [5, 5.41) is 14.3. The first-order valence-electron chi connectivity index (χ1n) is 5.97. The van der Waals surface area contributed by atoms with E-state index in [1.54, 1.807) is 31.2 Å². The Hall–Kier alpha value is -2.76. The van der Waals surface area contributed by atoms with Crippen LogP contribution in [-0.2, 0) is 6.54 Å². The number of nitrogens with one attached hydrogen (secondary N) is 2. The normalized spacial score (nSPS) is 10.1. The van der Waals surface area contributed by atoms with Gasteiger partial charge in [-0.1, -0.05) is 12.1 Å². The van der Waals surface area contributed by atoms with Gasteiger partial charge in [0.05, 0.1) is 23.8 Å². The molecule has 0 aliphatic rings. The molecule has 0 radical (unpaired) electrons. The maximum absolute atomic E-state index is 11.7. The number of carboxylic acids is 1. The van der Waals surface area contributed by atoms with Gasteiger partial charge in [-0.2, -0.15) is 0 Å². The van der Waals surface area contributed by atoms with Crippen LogP contribution >= 0.6 is 0 Å². The number of furan rings is 1. The van der Waals surface area contributed by atoms with Crippen LogP contribution in [0.2, 0.25) is 0 Å². The minimum atomic E-state index is -1.08. The lowest BCUT2D eigenvalue weighted by atomic mass is 10.1. The lowest BCUT2D eigenvalue weighted by Gasteiger charge is -2.11. The number of urea groups is 1. The Kier molecular flexibility index (Phi) is 4.05. The lowest BCUT2D eigenvalue weighted by molar-refractivity contribution is 0.0697. The summed E-state index contributed by atoms with van der Waals surface area (Å²) in [5.74, 6) is -1.08. The Morgan fingerprint density at radius 2 is 2.10 bits per heavy atom. The molecule has 20 heavy (non-hydrogen) atoms. The van der Waals surface area contributed by atoms with Crippen molar-refractivity contribution in [2.45, 2.75) is 13.5 Å². The van der Waals surface area contributed by atoms with Crippen LogP contribution in [0.4, 0.5) is 10.5 Å². The summed E-state index contributed by atoms with van der Waals surface area (Å²) in [4.78, 5) is 22.9. The van der Waals surface area contributed by atoms with Gasteiger partial charge in [-0.05, 0) is 24.6 Å². The molecular weight excluding hydrogens is 260 g/mol. The molecule has 3 N–H and O–H groups in total. The van der Waals surface area contributed by atoms with E-state index in [9.17, 15) is 9.59 Å². The van der Waals surface area contributed by atoms with E-state index in [0.29, 0.717) is 12.1 Å². The highest BCUT2D eigenvalue weighted by Crippen LogP contribution is 2.19. The number of aryl methyl sites for hydroxylation is 1. The number of hydrogen-bond donors (Lipinski definition) is 3. The van der Waals surface area contributed by atoms with Crippen molar-refractivity contribution < 1.29 is 19.1 Å². The molecule has 2 amide bonds. The van der Waals surface area contributed by atoms with Crippen LogP contribution in [0.3, 0.4) is 0 Å². The molecule has 2 aromatic rings. The van der Waals surface area contributed by atoms with E-state index in [1.807, 2.05) is 0 Å². The average molecular weight is 274 g/mol. The van der Waals surface area contributed by atoms with Crippen molar-refractivity contribution in [2.75, 3.05) is 5.32 Å². The van der Waals surface area contributed by atoms with Gasteiger partial charge in [0, 0.05) is 12.1 Å². The monoisotopic (exact) mass is 274 g/mol. The number of hydrogen-bond acceptors (Lipinski definition) is 3. The number of anilines is 1. The van der Waals surface area contributed by atoms with Crippen LogP contribution in [0, 0.1) is 6.92 Å². The third-order valence-corrected chi connectivity index (χ3v) is 2.77. The number of rotatable bonds is 4. The van der Waals surface area contributed by atoms with Crippen molar-refractivity contribution in [3.8, 4) is 0 Å². The number of aromatic carboxylic acids is 1. The molecule has 1 aromatic carbocycles. The molecule has 2 rings (SSSR count). The quantitative estimate of drug-likeness (QED) is 0.799. The fraction of sp³-hybridized carbons (Fsp3) is 0.143. The molecule has 0 saturated heterocycles. The summed E-state index contributed by atoms with van der Waals surface area (Å²) >= 11 is 0. The molecule has 104 valence electrons. The molecular formula is C14H14N2O4. The largest absolute Gasteiger partial charge is 0.478 e. The van der Waals surface area contributed by atoms with Crippen LogP contribution < -0.4 is 10.6 Å². The fourth-order valence-electron chi connectivity index (χ4n) is 1.80. The van der Waals surface area contributed by atoms with Gasteiger partial charge >= 0.3 is 12.0 Å². The molecule has 0 unspecified atom stereocenters. The second kappa shape index (κ2) is 5.92. The smallest absolute Gasteiger partial charge is 0.338 e. The van der Waals surface area contributed by atoms with Gasteiger partial charge in [-0.25, -0.2) is 9.59 Å². The van der Waals surface area contributed by atoms with Crippen LogP contribution in [0.25, 0.3) is 0 Å². The summed E-state index contributed by atoms with van der Waals surface area (Å²) < 4.78 is 4.88. The van der Waals surface area contributed by atoms with Crippen molar-refractivity contribution in [3.05, 3.63) is 53.5 Å².